The molecular formula is C17H17ClN2O4. The predicted octanol–water partition coefficient (Wildman–Crippen LogP) is 2.40. The van der Waals surface area contributed by atoms with Crippen LogP contribution in [0.1, 0.15) is 15.9 Å². The lowest BCUT2D eigenvalue weighted by Gasteiger charge is -2.10. The first-order valence-electron chi connectivity index (χ1n) is 7.29. The van der Waals surface area contributed by atoms with Crippen molar-refractivity contribution < 1.29 is 19.1 Å². The molecule has 0 fully saturated rings. The van der Waals surface area contributed by atoms with Crippen LogP contribution in [-0.2, 0) is 9.53 Å². The molecule has 1 amide bonds. The highest BCUT2D eigenvalue weighted by molar-refractivity contribution is 6.30. The van der Waals surface area contributed by atoms with E-state index in [1.165, 1.54) is 6.20 Å². The molecule has 0 radical (unpaired) electrons. The van der Waals surface area contributed by atoms with Crippen LogP contribution >= 0.6 is 11.6 Å². The van der Waals surface area contributed by atoms with Gasteiger partial charge in [0, 0.05) is 17.4 Å². The summed E-state index contributed by atoms with van der Waals surface area (Å²) in [5, 5.41) is 3.24. The SMILES string of the molecule is Cc1cc(Cl)ccc1OCC(=O)OCCNC(=O)c1cccnc1. The Morgan fingerprint density at radius 2 is 2.12 bits per heavy atom. The fourth-order valence-electron chi connectivity index (χ4n) is 1.88. The Balaban J connectivity index is 1.65. The molecule has 2 rings (SSSR count). The Hall–Kier alpha value is -2.60. The smallest absolute Gasteiger partial charge is 0.344 e. The van der Waals surface area contributed by atoms with Gasteiger partial charge in [-0.2, -0.15) is 0 Å². The molecular weight excluding hydrogens is 332 g/mol. The largest absolute Gasteiger partial charge is 0.482 e. The first kappa shape index (κ1) is 17.7. The standard InChI is InChI=1S/C17H17ClN2O4/c1-12-9-14(18)4-5-15(12)24-11-16(21)23-8-7-20-17(22)13-3-2-6-19-10-13/h2-6,9-10H,7-8,11H2,1H3,(H,20,22). The molecule has 24 heavy (non-hydrogen) atoms. The molecule has 1 heterocycles. The highest BCUT2D eigenvalue weighted by atomic mass is 35.5. The molecule has 0 unspecified atom stereocenters. The van der Waals surface area contributed by atoms with Crippen molar-refractivity contribution in [1.82, 2.24) is 10.3 Å². The lowest BCUT2D eigenvalue weighted by atomic mass is 10.2. The van der Waals surface area contributed by atoms with Gasteiger partial charge in [-0.3, -0.25) is 9.78 Å². The molecule has 0 atom stereocenters. The van der Waals surface area contributed by atoms with Crippen LogP contribution < -0.4 is 10.1 Å². The zero-order chi connectivity index (χ0) is 17.4. The third kappa shape index (κ3) is 5.55. The van der Waals surface area contributed by atoms with Gasteiger partial charge in [0.05, 0.1) is 12.1 Å². The first-order chi connectivity index (χ1) is 11.6. The van der Waals surface area contributed by atoms with Crippen molar-refractivity contribution in [2.75, 3.05) is 19.8 Å². The van der Waals surface area contributed by atoms with Gasteiger partial charge in [-0.15, -0.1) is 0 Å². The first-order valence-corrected chi connectivity index (χ1v) is 7.67. The van der Waals surface area contributed by atoms with Crippen molar-refractivity contribution in [2.24, 2.45) is 0 Å². The highest BCUT2D eigenvalue weighted by Crippen LogP contribution is 2.21. The molecule has 0 saturated carbocycles. The average molecular weight is 349 g/mol. The van der Waals surface area contributed by atoms with Crippen molar-refractivity contribution in [3.05, 3.63) is 58.9 Å². The molecule has 0 spiro atoms. The fourth-order valence-corrected chi connectivity index (χ4v) is 2.11. The summed E-state index contributed by atoms with van der Waals surface area (Å²) >= 11 is 5.85. The molecule has 0 saturated heterocycles. The zero-order valence-corrected chi connectivity index (χ0v) is 13.9. The van der Waals surface area contributed by atoms with Crippen LogP contribution in [0, 0.1) is 6.92 Å². The van der Waals surface area contributed by atoms with Gasteiger partial charge in [-0.25, -0.2) is 4.79 Å². The maximum atomic E-state index is 11.7. The van der Waals surface area contributed by atoms with Gasteiger partial charge in [-0.05, 0) is 42.8 Å². The lowest BCUT2D eigenvalue weighted by molar-refractivity contribution is -0.145. The summed E-state index contributed by atoms with van der Waals surface area (Å²) in [7, 11) is 0. The topological polar surface area (TPSA) is 77.5 Å². The van der Waals surface area contributed by atoms with Crippen molar-refractivity contribution in [1.29, 1.82) is 0 Å². The third-order valence-corrected chi connectivity index (χ3v) is 3.29. The quantitative estimate of drug-likeness (QED) is 0.614. The maximum absolute atomic E-state index is 11.7. The van der Waals surface area contributed by atoms with E-state index in [0.29, 0.717) is 16.3 Å². The number of rotatable bonds is 7. The van der Waals surface area contributed by atoms with Gasteiger partial charge < -0.3 is 14.8 Å². The number of nitrogens with zero attached hydrogens (tertiary/aromatic N) is 1. The van der Waals surface area contributed by atoms with E-state index < -0.39 is 5.97 Å². The minimum atomic E-state index is -0.514. The van der Waals surface area contributed by atoms with Gasteiger partial charge in [-0.1, -0.05) is 11.6 Å². The number of aromatic nitrogens is 1. The Morgan fingerprint density at radius 3 is 2.83 bits per heavy atom. The van der Waals surface area contributed by atoms with Crippen LogP contribution in [0.5, 0.6) is 5.75 Å². The lowest BCUT2D eigenvalue weighted by Crippen LogP contribution is -2.29. The minimum absolute atomic E-state index is 0.0633. The minimum Gasteiger partial charge on any atom is -0.482 e. The van der Waals surface area contributed by atoms with Crippen LogP contribution in [0.25, 0.3) is 0 Å². The van der Waals surface area contributed by atoms with E-state index >= 15 is 0 Å². The predicted molar refractivity (Wildman–Crippen MR) is 89.2 cm³/mol. The maximum Gasteiger partial charge on any atom is 0.344 e. The van der Waals surface area contributed by atoms with Crippen LogP contribution in [0.15, 0.2) is 42.7 Å². The molecule has 7 heteroatoms. The van der Waals surface area contributed by atoms with Gasteiger partial charge in [0.15, 0.2) is 6.61 Å². The molecule has 1 aromatic carbocycles. The third-order valence-electron chi connectivity index (χ3n) is 3.06. The molecule has 1 aromatic heterocycles. The van der Waals surface area contributed by atoms with Crippen molar-refractivity contribution in [2.45, 2.75) is 6.92 Å². The van der Waals surface area contributed by atoms with E-state index in [1.54, 1.807) is 36.5 Å². The molecule has 0 bridgehead atoms. The van der Waals surface area contributed by atoms with Crippen molar-refractivity contribution >= 4 is 23.5 Å². The van der Waals surface area contributed by atoms with Gasteiger partial charge in [0.1, 0.15) is 12.4 Å². The number of carbonyl (C=O) groups excluding carboxylic acids is 2. The van der Waals surface area contributed by atoms with E-state index in [1.807, 2.05) is 6.92 Å². The number of amides is 1. The fraction of sp³-hybridized carbons (Fsp3) is 0.235. The number of hydrogen-bond donors (Lipinski definition) is 1. The molecule has 2 aromatic rings. The summed E-state index contributed by atoms with van der Waals surface area (Å²) in [6, 6.07) is 8.44. The van der Waals surface area contributed by atoms with E-state index in [0.717, 1.165) is 5.56 Å². The molecule has 6 nitrogen and oxygen atoms in total. The normalized spacial score (nSPS) is 10.1. The molecule has 1 N–H and O–H groups in total. The Kier molecular flexibility index (Phi) is 6.57. The van der Waals surface area contributed by atoms with E-state index in [2.05, 4.69) is 10.3 Å². The number of benzene rings is 1. The van der Waals surface area contributed by atoms with E-state index in [4.69, 9.17) is 21.1 Å². The summed E-state index contributed by atoms with van der Waals surface area (Å²) in [6.07, 6.45) is 3.05. The second-order valence-electron chi connectivity index (χ2n) is 4.92. The Bertz CT molecular complexity index is 707. The Morgan fingerprint density at radius 1 is 1.29 bits per heavy atom. The van der Waals surface area contributed by atoms with E-state index in [9.17, 15) is 9.59 Å². The van der Waals surface area contributed by atoms with Gasteiger partial charge in [0.2, 0.25) is 0 Å². The molecule has 0 aliphatic carbocycles. The number of ether oxygens (including phenoxy) is 2. The number of carbonyl (C=O) groups is 2. The van der Waals surface area contributed by atoms with Crippen LogP contribution in [0.3, 0.4) is 0 Å². The second-order valence-corrected chi connectivity index (χ2v) is 5.35. The second kappa shape index (κ2) is 8.88. The number of hydrogen-bond acceptors (Lipinski definition) is 5. The summed E-state index contributed by atoms with van der Waals surface area (Å²) in [4.78, 5) is 27.2. The monoisotopic (exact) mass is 348 g/mol. The summed E-state index contributed by atoms with van der Waals surface area (Å²) < 4.78 is 10.4. The average Bonchev–Trinajstić information content (AvgIpc) is 2.58. The molecule has 0 aliphatic rings. The number of pyridine rings is 1. The van der Waals surface area contributed by atoms with Gasteiger partial charge in [0.25, 0.3) is 5.91 Å². The van der Waals surface area contributed by atoms with E-state index in [-0.39, 0.29) is 25.7 Å². The summed E-state index contributed by atoms with van der Waals surface area (Å²) in [5.74, 6) is -0.214. The van der Waals surface area contributed by atoms with Crippen LogP contribution in [-0.4, -0.2) is 36.6 Å². The van der Waals surface area contributed by atoms with Crippen molar-refractivity contribution in [3.8, 4) is 5.75 Å². The Labute approximate surface area is 144 Å². The number of halogens is 1. The number of nitrogens with one attached hydrogen (secondary N) is 1. The van der Waals surface area contributed by atoms with Crippen LogP contribution in [0.2, 0.25) is 5.02 Å². The van der Waals surface area contributed by atoms with Crippen LogP contribution in [0.4, 0.5) is 0 Å². The summed E-state index contributed by atoms with van der Waals surface area (Å²) in [6.45, 7) is 1.90. The summed E-state index contributed by atoms with van der Waals surface area (Å²) in [5.41, 5.74) is 1.28. The van der Waals surface area contributed by atoms with Crippen molar-refractivity contribution in [3.63, 3.8) is 0 Å². The molecule has 126 valence electrons. The van der Waals surface area contributed by atoms with Gasteiger partial charge >= 0.3 is 5.97 Å². The molecule has 0 aliphatic heterocycles. The highest BCUT2D eigenvalue weighted by Gasteiger charge is 2.08. The zero-order valence-electron chi connectivity index (χ0n) is 13.1. The number of esters is 1. The number of aryl methyl sites for hydroxylation is 1.